The number of rotatable bonds is 5. The highest BCUT2D eigenvalue weighted by Crippen LogP contribution is 2.14. The molecule has 0 aliphatic heterocycles. The van der Waals surface area contributed by atoms with Gasteiger partial charge in [0, 0.05) is 23.4 Å². The van der Waals surface area contributed by atoms with E-state index in [4.69, 9.17) is 4.74 Å². The normalized spacial score (nSPS) is 11.9. The minimum atomic E-state index is -1.09. The standard InChI is InChI=1S/C16H17NO3/c1-11-4-3-5-13(17-11)10-15(18)16(19)12-6-8-14(20-2)9-7-12/h3-9,15,18H,10H2,1-2H3. The zero-order valence-electron chi connectivity index (χ0n) is 11.5. The van der Waals surface area contributed by atoms with Gasteiger partial charge in [0.25, 0.3) is 0 Å². The van der Waals surface area contributed by atoms with E-state index in [0.717, 1.165) is 5.69 Å². The van der Waals surface area contributed by atoms with Gasteiger partial charge in [-0.25, -0.2) is 0 Å². The number of ketones is 1. The number of aliphatic hydroxyl groups is 1. The van der Waals surface area contributed by atoms with E-state index in [0.29, 0.717) is 17.0 Å². The average Bonchev–Trinajstić information content (AvgIpc) is 2.46. The Balaban J connectivity index is 2.07. The second-order valence-corrected chi connectivity index (χ2v) is 4.58. The van der Waals surface area contributed by atoms with Crippen LogP contribution >= 0.6 is 0 Å². The van der Waals surface area contributed by atoms with Crippen molar-refractivity contribution in [3.05, 3.63) is 59.4 Å². The molecule has 104 valence electrons. The van der Waals surface area contributed by atoms with Crippen LogP contribution in [0.2, 0.25) is 0 Å². The van der Waals surface area contributed by atoms with Crippen LogP contribution in [0.15, 0.2) is 42.5 Å². The Labute approximate surface area is 118 Å². The van der Waals surface area contributed by atoms with E-state index in [1.165, 1.54) is 0 Å². The van der Waals surface area contributed by atoms with E-state index in [2.05, 4.69) is 4.98 Å². The van der Waals surface area contributed by atoms with Gasteiger partial charge in [0.1, 0.15) is 11.9 Å². The summed E-state index contributed by atoms with van der Waals surface area (Å²) in [6, 6.07) is 12.2. The lowest BCUT2D eigenvalue weighted by molar-refractivity contribution is 0.0746. The first kappa shape index (κ1) is 14.2. The first-order valence-electron chi connectivity index (χ1n) is 6.39. The second-order valence-electron chi connectivity index (χ2n) is 4.58. The molecular formula is C16H17NO3. The molecular weight excluding hydrogens is 254 g/mol. The number of hydrogen-bond donors (Lipinski definition) is 1. The van der Waals surface area contributed by atoms with Crippen LogP contribution in [0, 0.1) is 6.92 Å². The predicted octanol–water partition coefficient (Wildman–Crippen LogP) is 2.18. The Morgan fingerprint density at radius 2 is 1.95 bits per heavy atom. The van der Waals surface area contributed by atoms with Crippen molar-refractivity contribution in [2.24, 2.45) is 0 Å². The largest absolute Gasteiger partial charge is 0.497 e. The molecule has 4 nitrogen and oxygen atoms in total. The average molecular weight is 271 g/mol. The van der Waals surface area contributed by atoms with Gasteiger partial charge in [0.2, 0.25) is 0 Å². The number of ether oxygens (including phenoxy) is 1. The van der Waals surface area contributed by atoms with Crippen LogP contribution in [0.25, 0.3) is 0 Å². The smallest absolute Gasteiger partial charge is 0.191 e. The van der Waals surface area contributed by atoms with Gasteiger partial charge in [-0.05, 0) is 43.3 Å². The lowest BCUT2D eigenvalue weighted by atomic mass is 10.0. The lowest BCUT2D eigenvalue weighted by Gasteiger charge is -2.10. The summed E-state index contributed by atoms with van der Waals surface area (Å²) in [6.45, 7) is 1.88. The van der Waals surface area contributed by atoms with Crippen molar-refractivity contribution in [2.45, 2.75) is 19.4 Å². The highest BCUT2D eigenvalue weighted by atomic mass is 16.5. The van der Waals surface area contributed by atoms with E-state index >= 15 is 0 Å². The number of pyridine rings is 1. The molecule has 1 unspecified atom stereocenters. The second kappa shape index (κ2) is 6.30. The molecule has 2 rings (SSSR count). The maximum atomic E-state index is 12.1. The summed E-state index contributed by atoms with van der Waals surface area (Å²) in [5.74, 6) is 0.368. The maximum absolute atomic E-state index is 12.1. The number of nitrogens with zero attached hydrogens (tertiary/aromatic N) is 1. The van der Waals surface area contributed by atoms with E-state index in [1.807, 2.05) is 19.1 Å². The number of aryl methyl sites for hydroxylation is 1. The van der Waals surface area contributed by atoms with Crippen LogP contribution in [0.3, 0.4) is 0 Å². The summed E-state index contributed by atoms with van der Waals surface area (Å²) >= 11 is 0. The highest BCUT2D eigenvalue weighted by molar-refractivity contribution is 5.99. The molecule has 4 heteroatoms. The summed E-state index contributed by atoms with van der Waals surface area (Å²) in [6.07, 6.45) is -0.871. The number of hydrogen-bond acceptors (Lipinski definition) is 4. The Morgan fingerprint density at radius 3 is 2.55 bits per heavy atom. The number of aliphatic hydroxyl groups excluding tert-OH is 1. The van der Waals surface area contributed by atoms with Crippen LogP contribution in [0.5, 0.6) is 5.75 Å². The molecule has 0 saturated heterocycles. The number of carbonyl (C=O) groups is 1. The Morgan fingerprint density at radius 1 is 1.25 bits per heavy atom. The quantitative estimate of drug-likeness (QED) is 0.847. The molecule has 0 saturated carbocycles. The molecule has 0 aliphatic carbocycles. The van der Waals surface area contributed by atoms with E-state index in [1.54, 1.807) is 37.4 Å². The molecule has 0 bridgehead atoms. The van der Waals surface area contributed by atoms with Crippen molar-refractivity contribution in [3.8, 4) is 5.75 Å². The number of carbonyl (C=O) groups excluding carboxylic acids is 1. The first-order valence-corrected chi connectivity index (χ1v) is 6.39. The van der Waals surface area contributed by atoms with Crippen LogP contribution in [-0.4, -0.2) is 29.1 Å². The van der Waals surface area contributed by atoms with Crippen LogP contribution in [0.1, 0.15) is 21.7 Å². The summed E-state index contributed by atoms with van der Waals surface area (Å²) in [5.41, 5.74) is 2.04. The Kier molecular flexibility index (Phi) is 4.48. The van der Waals surface area contributed by atoms with Crippen molar-refractivity contribution in [1.82, 2.24) is 4.98 Å². The minimum absolute atomic E-state index is 0.215. The lowest BCUT2D eigenvalue weighted by Crippen LogP contribution is -2.23. The van der Waals surface area contributed by atoms with Crippen LogP contribution < -0.4 is 4.74 Å². The van der Waals surface area contributed by atoms with Crippen molar-refractivity contribution < 1.29 is 14.6 Å². The summed E-state index contributed by atoms with van der Waals surface area (Å²) in [5, 5.41) is 10.0. The molecule has 0 fully saturated rings. The molecule has 0 spiro atoms. The molecule has 0 amide bonds. The third-order valence-corrected chi connectivity index (χ3v) is 3.03. The van der Waals surface area contributed by atoms with Gasteiger partial charge in [-0.15, -0.1) is 0 Å². The third-order valence-electron chi connectivity index (χ3n) is 3.03. The van der Waals surface area contributed by atoms with E-state index < -0.39 is 6.10 Å². The van der Waals surface area contributed by atoms with Gasteiger partial charge in [0.15, 0.2) is 5.78 Å². The van der Waals surface area contributed by atoms with Crippen molar-refractivity contribution in [3.63, 3.8) is 0 Å². The SMILES string of the molecule is COc1ccc(C(=O)C(O)Cc2cccc(C)n2)cc1. The van der Waals surface area contributed by atoms with E-state index in [9.17, 15) is 9.90 Å². The zero-order valence-corrected chi connectivity index (χ0v) is 11.5. The van der Waals surface area contributed by atoms with Gasteiger partial charge in [-0.1, -0.05) is 6.07 Å². The summed E-state index contributed by atoms with van der Waals surface area (Å²) < 4.78 is 5.03. The fourth-order valence-corrected chi connectivity index (χ4v) is 1.95. The van der Waals surface area contributed by atoms with Crippen LogP contribution in [0.4, 0.5) is 0 Å². The van der Waals surface area contributed by atoms with Gasteiger partial charge in [-0.2, -0.15) is 0 Å². The minimum Gasteiger partial charge on any atom is -0.497 e. The van der Waals surface area contributed by atoms with Gasteiger partial charge in [-0.3, -0.25) is 9.78 Å². The van der Waals surface area contributed by atoms with Crippen LogP contribution in [-0.2, 0) is 6.42 Å². The highest BCUT2D eigenvalue weighted by Gasteiger charge is 2.18. The molecule has 1 N–H and O–H groups in total. The summed E-state index contributed by atoms with van der Waals surface area (Å²) in [7, 11) is 1.56. The maximum Gasteiger partial charge on any atom is 0.191 e. The molecule has 0 aliphatic rings. The fraction of sp³-hybridized carbons (Fsp3) is 0.250. The van der Waals surface area contributed by atoms with Gasteiger partial charge < -0.3 is 9.84 Å². The van der Waals surface area contributed by atoms with Gasteiger partial charge in [0.05, 0.1) is 7.11 Å². The first-order chi connectivity index (χ1) is 9.60. The molecule has 1 heterocycles. The fourth-order valence-electron chi connectivity index (χ4n) is 1.95. The topological polar surface area (TPSA) is 59.4 Å². The van der Waals surface area contributed by atoms with Crippen molar-refractivity contribution in [1.29, 1.82) is 0 Å². The molecule has 2 aromatic rings. The number of Topliss-reactive ketones (excluding diaryl/α,β-unsaturated/α-hetero) is 1. The monoisotopic (exact) mass is 271 g/mol. The molecule has 1 aromatic heterocycles. The molecule has 1 aromatic carbocycles. The Bertz CT molecular complexity index is 593. The Hall–Kier alpha value is -2.20. The van der Waals surface area contributed by atoms with Gasteiger partial charge >= 0.3 is 0 Å². The number of methoxy groups -OCH3 is 1. The van der Waals surface area contributed by atoms with E-state index in [-0.39, 0.29) is 12.2 Å². The van der Waals surface area contributed by atoms with Crippen molar-refractivity contribution in [2.75, 3.05) is 7.11 Å². The molecule has 0 radical (unpaired) electrons. The predicted molar refractivity (Wildman–Crippen MR) is 76.0 cm³/mol. The third kappa shape index (κ3) is 3.42. The van der Waals surface area contributed by atoms with Crippen molar-refractivity contribution >= 4 is 5.78 Å². The molecule has 1 atom stereocenters. The zero-order chi connectivity index (χ0) is 14.5. The molecule has 20 heavy (non-hydrogen) atoms. The summed E-state index contributed by atoms with van der Waals surface area (Å²) in [4.78, 5) is 16.4. The number of aromatic nitrogens is 1. The number of benzene rings is 1.